The van der Waals surface area contributed by atoms with Crippen molar-refractivity contribution in [3.05, 3.63) is 0 Å². The molecule has 2 unspecified atom stereocenters. The fraction of sp³-hybridized carbons (Fsp3) is 0.976. The van der Waals surface area contributed by atoms with E-state index < -0.39 is 49.5 Å². The van der Waals surface area contributed by atoms with Gasteiger partial charge < -0.3 is 40.3 Å². The predicted molar refractivity (Wildman–Crippen MR) is 203 cm³/mol. The van der Waals surface area contributed by atoms with Crippen LogP contribution >= 0.6 is 0 Å². The van der Waals surface area contributed by atoms with E-state index in [1.165, 1.54) is 135 Å². The fourth-order valence-corrected chi connectivity index (χ4v) is 6.98. The van der Waals surface area contributed by atoms with Gasteiger partial charge in [-0.1, -0.05) is 181 Å². The van der Waals surface area contributed by atoms with Crippen molar-refractivity contribution in [2.24, 2.45) is 0 Å². The summed E-state index contributed by atoms with van der Waals surface area (Å²) in [4.78, 5) is 12.9. The van der Waals surface area contributed by atoms with E-state index in [-0.39, 0.29) is 12.5 Å². The largest absolute Gasteiger partial charge is 0.394 e. The molecule has 50 heavy (non-hydrogen) atoms. The van der Waals surface area contributed by atoms with Crippen LogP contribution in [0.5, 0.6) is 0 Å². The molecule has 9 nitrogen and oxygen atoms in total. The maximum absolute atomic E-state index is 12.9. The van der Waals surface area contributed by atoms with Gasteiger partial charge >= 0.3 is 0 Å². The zero-order valence-corrected chi connectivity index (χ0v) is 32.4. The number of ether oxygens (including phenoxy) is 2. The van der Waals surface area contributed by atoms with E-state index in [0.29, 0.717) is 12.8 Å². The standard InChI is InChI=1S/C41H81NO8/c1-3-5-7-9-11-13-15-16-17-18-19-20-21-23-25-27-29-31-37(45)42-34(33-49-41-40(48)39(47)38(46)36(32-43)50-41)35(44)30-28-26-24-22-14-12-10-8-6-4-2/h34-36,38-41,43-44,46-48H,3-33H2,1-2H3,(H,42,45)/t34-,35+,36+,38-,39?,40?,41+/m0/s1. The molecule has 1 aliphatic heterocycles. The molecule has 7 atom stereocenters. The summed E-state index contributed by atoms with van der Waals surface area (Å²) in [7, 11) is 0. The minimum atomic E-state index is -1.55. The predicted octanol–water partition coefficient (Wildman–Crippen LogP) is 8.00. The summed E-state index contributed by atoms with van der Waals surface area (Å²) in [6.07, 6.45) is 26.8. The average molecular weight is 716 g/mol. The number of nitrogens with one attached hydrogen (secondary N) is 1. The normalized spacial score (nSPS) is 22.1. The van der Waals surface area contributed by atoms with Gasteiger partial charge in [-0.3, -0.25) is 4.79 Å². The summed E-state index contributed by atoms with van der Waals surface area (Å²) in [6, 6.07) is -0.709. The van der Waals surface area contributed by atoms with Crippen molar-refractivity contribution in [3.63, 3.8) is 0 Å². The molecule has 0 radical (unpaired) electrons. The van der Waals surface area contributed by atoms with Crippen LogP contribution in [-0.4, -0.2) is 87.5 Å². The Balaban J connectivity index is 2.32. The summed E-state index contributed by atoms with van der Waals surface area (Å²) >= 11 is 0. The maximum atomic E-state index is 12.9. The second kappa shape index (κ2) is 32.8. The molecule has 6 N–H and O–H groups in total. The van der Waals surface area contributed by atoms with Crippen LogP contribution in [0.4, 0.5) is 0 Å². The smallest absolute Gasteiger partial charge is 0.220 e. The lowest BCUT2D eigenvalue weighted by atomic mass is 9.99. The first-order valence-electron chi connectivity index (χ1n) is 21.2. The van der Waals surface area contributed by atoms with E-state index in [9.17, 15) is 30.3 Å². The minimum absolute atomic E-state index is 0.133. The second-order valence-electron chi connectivity index (χ2n) is 15.1. The number of aliphatic hydroxyl groups excluding tert-OH is 5. The van der Waals surface area contributed by atoms with Crippen LogP contribution in [0, 0.1) is 0 Å². The Labute approximate surface area is 306 Å². The number of carbonyl (C=O) groups excluding carboxylic acids is 1. The highest BCUT2D eigenvalue weighted by atomic mass is 16.7. The van der Waals surface area contributed by atoms with E-state index in [4.69, 9.17) is 9.47 Å². The van der Waals surface area contributed by atoms with E-state index >= 15 is 0 Å². The monoisotopic (exact) mass is 716 g/mol. The molecule has 0 bridgehead atoms. The molecule has 0 aromatic rings. The van der Waals surface area contributed by atoms with Crippen LogP contribution in [0.25, 0.3) is 0 Å². The van der Waals surface area contributed by atoms with Crippen molar-refractivity contribution in [1.82, 2.24) is 5.32 Å². The number of aliphatic hydroxyl groups is 5. The topological polar surface area (TPSA) is 149 Å². The summed E-state index contributed by atoms with van der Waals surface area (Å²) in [5.41, 5.74) is 0. The third kappa shape index (κ3) is 23.7. The second-order valence-corrected chi connectivity index (χ2v) is 15.1. The SMILES string of the molecule is CCCCCCCCCCCCCCCCCCCC(=O)N[C@@H](CO[C@@H]1O[C@H](CO)[C@H](O)C(O)C1O)[C@H](O)CCCCCCCCCCCC. The van der Waals surface area contributed by atoms with E-state index in [1.807, 2.05) is 0 Å². The molecule has 298 valence electrons. The van der Waals surface area contributed by atoms with E-state index in [2.05, 4.69) is 19.2 Å². The van der Waals surface area contributed by atoms with Crippen molar-refractivity contribution in [3.8, 4) is 0 Å². The van der Waals surface area contributed by atoms with Crippen LogP contribution < -0.4 is 5.32 Å². The lowest BCUT2D eigenvalue weighted by Crippen LogP contribution is -2.60. The van der Waals surface area contributed by atoms with Gasteiger partial charge in [0.25, 0.3) is 0 Å². The Morgan fingerprint density at radius 3 is 1.42 bits per heavy atom. The first-order valence-corrected chi connectivity index (χ1v) is 21.2. The lowest BCUT2D eigenvalue weighted by molar-refractivity contribution is -0.302. The molecule has 1 aliphatic rings. The first-order chi connectivity index (χ1) is 24.3. The molecule has 1 rings (SSSR count). The van der Waals surface area contributed by atoms with Gasteiger partial charge in [0, 0.05) is 6.42 Å². The minimum Gasteiger partial charge on any atom is -0.394 e. The number of hydrogen-bond donors (Lipinski definition) is 6. The molecule has 9 heteroatoms. The Kier molecular flexibility index (Phi) is 31.0. The summed E-state index contributed by atoms with van der Waals surface area (Å²) in [5, 5.41) is 54.1. The summed E-state index contributed by atoms with van der Waals surface area (Å²) in [6.45, 7) is 3.82. The Bertz CT molecular complexity index is 756. The quantitative estimate of drug-likeness (QED) is 0.0362. The van der Waals surface area contributed by atoms with Crippen molar-refractivity contribution >= 4 is 5.91 Å². The zero-order chi connectivity index (χ0) is 36.7. The van der Waals surface area contributed by atoms with Gasteiger partial charge in [-0.05, 0) is 12.8 Å². The Morgan fingerprint density at radius 2 is 1.00 bits per heavy atom. The molecule has 0 aromatic carbocycles. The molecule has 1 heterocycles. The van der Waals surface area contributed by atoms with Crippen molar-refractivity contribution < 1.29 is 39.8 Å². The molecule has 1 fully saturated rings. The zero-order valence-electron chi connectivity index (χ0n) is 32.4. The number of rotatable bonds is 35. The number of carbonyl (C=O) groups is 1. The van der Waals surface area contributed by atoms with Gasteiger partial charge in [-0.25, -0.2) is 0 Å². The van der Waals surface area contributed by atoms with Crippen molar-refractivity contribution in [2.45, 2.75) is 243 Å². The van der Waals surface area contributed by atoms with Crippen LogP contribution in [0.1, 0.15) is 200 Å². The van der Waals surface area contributed by atoms with E-state index in [1.54, 1.807) is 0 Å². The third-order valence-electron chi connectivity index (χ3n) is 10.5. The third-order valence-corrected chi connectivity index (χ3v) is 10.5. The van der Waals surface area contributed by atoms with Gasteiger partial charge in [0.05, 0.1) is 25.4 Å². The molecule has 0 saturated carbocycles. The molecular formula is C41H81NO8. The summed E-state index contributed by atoms with van der Waals surface area (Å²) in [5.74, 6) is -0.143. The number of amides is 1. The lowest BCUT2D eigenvalue weighted by Gasteiger charge is -2.40. The van der Waals surface area contributed by atoms with Crippen molar-refractivity contribution in [2.75, 3.05) is 13.2 Å². The van der Waals surface area contributed by atoms with Gasteiger partial charge in [0.1, 0.15) is 24.4 Å². The molecule has 0 aromatic heterocycles. The Hall–Kier alpha value is -0.810. The molecule has 0 aliphatic carbocycles. The highest BCUT2D eigenvalue weighted by Crippen LogP contribution is 2.23. The van der Waals surface area contributed by atoms with Crippen molar-refractivity contribution in [1.29, 1.82) is 0 Å². The molecule has 1 amide bonds. The van der Waals surface area contributed by atoms with Gasteiger partial charge in [-0.15, -0.1) is 0 Å². The van der Waals surface area contributed by atoms with Crippen LogP contribution in [-0.2, 0) is 14.3 Å². The highest BCUT2D eigenvalue weighted by Gasteiger charge is 2.44. The molecule has 0 spiro atoms. The van der Waals surface area contributed by atoms with Crippen LogP contribution in [0.3, 0.4) is 0 Å². The van der Waals surface area contributed by atoms with E-state index in [0.717, 1.165) is 38.5 Å². The fourth-order valence-electron chi connectivity index (χ4n) is 6.98. The highest BCUT2D eigenvalue weighted by molar-refractivity contribution is 5.76. The van der Waals surface area contributed by atoms with Gasteiger partial charge in [0.15, 0.2) is 6.29 Å². The molecular weight excluding hydrogens is 634 g/mol. The van der Waals surface area contributed by atoms with Gasteiger partial charge in [-0.2, -0.15) is 0 Å². The average Bonchev–Trinajstić information content (AvgIpc) is 3.11. The summed E-state index contributed by atoms with van der Waals surface area (Å²) < 4.78 is 11.2. The van der Waals surface area contributed by atoms with Gasteiger partial charge in [0.2, 0.25) is 5.91 Å². The Morgan fingerprint density at radius 1 is 0.600 bits per heavy atom. The number of unbranched alkanes of at least 4 members (excludes halogenated alkanes) is 25. The number of hydrogen-bond acceptors (Lipinski definition) is 8. The van der Waals surface area contributed by atoms with Crippen LogP contribution in [0.2, 0.25) is 0 Å². The van der Waals surface area contributed by atoms with Crippen LogP contribution in [0.15, 0.2) is 0 Å². The first kappa shape index (κ1) is 47.2. The molecule has 1 saturated heterocycles. The maximum Gasteiger partial charge on any atom is 0.220 e.